The van der Waals surface area contributed by atoms with E-state index in [0.29, 0.717) is 17.2 Å². The second-order valence-corrected chi connectivity index (χ2v) is 7.38. The second kappa shape index (κ2) is 10.5. The summed E-state index contributed by atoms with van der Waals surface area (Å²) in [4.78, 5) is 23.6. The van der Waals surface area contributed by atoms with Crippen LogP contribution in [0.4, 0.5) is 5.69 Å². The Balaban J connectivity index is 1.61. The number of para-hydroxylation sites is 1. The summed E-state index contributed by atoms with van der Waals surface area (Å²) in [6, 6.07) is 13.5. The molecule has 2 aromatic rings. The number of hydrogen-bond acceptors (Lipinski definition) is 4. The molecule has 6 heteroatoms. The summed E-state index contributed by atoms with van der Waals surface area (Å²) in [5.74, 6) is 0.188. The summed E-state index contributed by atoms with van der Waals surface area (Å²) in [6.07, 6.45) is 7.56. The van der Waals surface area contributed by atoms with Crippen LogP contribution in [0.15, 0.2) is 48.5 Å². The minimum Gasteiger partial charge on any atom is -0.486 e. The molecule has 0 aliphatic carbocycles. The fourth-order valence-corrected chi connectivity index (χ4v) is 3.28. The lowest BCUT2D eigenvalue weighted by atomic mass is 10.1. The van der Waals surface area contributed by atoms with Crippen molar-refractivity contribution >= 4 is 23.6 Å². The Morgan fingerprint density at radius 1 is 1.17 bits per heavy atom. The number of unbranched alkanes of at least 4 members (excludes halogenated alkanes) is 2. The molecule has 1 unspecified atom stereocenters. The number of hydrogen-bond donors (Lipinski definition) is 2. The van der Waals surface area contributed by atoms with E-state index < -0.39 is 12.0 Å². The molecule has 1 atom stereocenters. The second-order valence-electron chi connectivity index (χ2n) is 7.38. The number of amides is 2. The predicted octanol–water partition coefficient (Wildman–Crippen LogP) is 4.09. The molecule has 2 aromatic carbocycles. The first-order chi connectivity index (χ1) is 14.5. The van der Waals surface area contributed by atoms with Crippen LogP contribution < -0.4 is 20.5 Å². The van der Waals surface area contributed by atoms with Crippen molar-refractivity contribution in [3.8, 4) is 11.5 Å². The number of fused-ring (bicyclic) bond motifs is 1. The molecule has 6 nitrogen and oxygen atoms in total. The molecule has 0 fully saturated rings. The third kappa shape index (κ3) is 6.11. The van der Waals surface area contributed by atoms with Gasteiger partial charge in [-0.2, -0.15) is 0 Å². The van der Waals surface area contributed by atoms with Crippen LogP contribution in [0.5, 0.6) is 11.5 Å². The Hall–Kier alpha value is -3.28. The molecule has 3 rings (SSSR count). The van der Waals surface area contributed by atoms with Gasteiger partial charge in [-0.15, -0.1) is 0 Å². The first kappa shape index (κ1) is 21.4. The number of rotatable bonds is 9. The van der Waals surface area contributed by atoms with E-state index in [1.54, 1.807) is 24.3 Å². The number of benzene rings is 2. The standard InChI is InChI=1S/C24H28N2O4/c1-2-3-4-6-17-9-11-18(12-10-17)13-14-23(28)26-20-7-5-8-21-24(20)30-19(16-29-21)15-22(25)27/h5,7-14,19H,2-4,6,15-16H2,1H3,(H2,25,27)(H,26,28)/b14-13+. The van der Waals surface area contributed by atoms with Crippen molar-refractivity contribution in [3.63, 3.8) is 0 Å². The molecule has 0 bridgehead atoms. The van der Waals surface area contributed by atoms with Crippen LogP contribution in [0.1, 0.15) is 43.7 Å². The first-order valence-electron chi connectivity index (χ1n) is 10.3. The predicted molar refractivity (Wildman–Crippen MR) is 117 cm³/mol. The Bertz CT molecular complexity index is 906. The largest absolute Gasteiger partial charge is 0.486 e. The van der Waals surface area contributed by atoms with Gasteiger partial charge in [0, 0.05) is 6.08 Å². The number of nitrogens with one attached hydrogen (secondary N) is 1. The summed E-state index contributed by atoms with van der Waals surface area (Å²) in [6.45, 7) is 2.43. The molecule has 3 N–H and O–H groups in total. The van der Waals surface area contributed by atoms with Gasteiger partial charge < -0.3 is 20.5 Å². The Labute approximate surface area is 177 Å². The van der Waals surface area contributed by atoms with E-state index >= 15 is 0 Å². The minimum atomic E-state index is -0.473. The van der Waals surface area contributed by atoms with Crippen LogP contribution in [0.2, 0.25) is 0 Å². The average molecular weight is 408 g/mol. The highest BCUT2D eigenvalue weighted by Gasteiger charge is 2.25. The molecule has 158 valence electrons. The highest BCUT2D eigenvalue weighted by atomic mass is 16.6. The molecular weight excluding hydrogens is 380 g/mol. The maximum atomic E-state index is 12.4. The molecule has 30 heavy (non-hydrogen) atoms. The quantitative estimate of drug-likeness (QED) is 0.483. The molecule has 0 radical (unpaired) electrons. The Morgan fingerprint density at radius 2 is 1.97 bits per heavy atom. The fourth-order valence-electron chi connectivity index (χ4n) is 3.28. The van der Waals surface area contributed by atoms with Crippen LogP contribution in [-0.4, -0.2) is 24.5 Å². The van der Waals surface area contributed by atoms with Crippen molar-refractivity contribution in [2.75, 3.05) is 11.9 Å². The van der Waals surface area contributed by atoms with Gasteiger partial charge in [-0.05, 0) is 42.2 Å². The maximum absolute atomic E-state index is 12.4. The number of carbonyl (C=O) groups is 2. The molecule has 1 heterocycles. The minimum absolute atomic E-state index is 0.0517. The Morgan fingerprint density at radius 3 is 2.70 bits per heavy atom. The Kier molecular flexibility index (Phi) is 7.49. The van der Waals surface area contributed by atoms with E-state index in [1.807, 2.05) is 12.1 Å². The van der Waals surface area contributed by atoms with Crippen molar-refractivity contribution in [2.24, 2.45) is 5.73 Å². The van der Waals surface area contributed by atoms with Gasteiger partial charge in [-0.3, -0.25) is 9.59 Å². The van der Waals surface area contributed by atoms with Crippen molar-refractivity contribution in [1.82, 2.24) is 0 Å². The number of carbonyl (C=O) groups excluding carboxylic acids is 2. The van der Waals surface area contributed by atoms with E-state index in [1.165, 1.54) is 30.9 Å². The molecule has 0 saturated heterocycles. The zero-order valence-electron chi connectivity index (χ0n) is 17.2. The maximum Gasteiger partial charge on any atom is 0.248 e. The van der Waals surface area contributed by atoms with Gasteiger partial charge in [0.25, 0.3) is 0 Å². The van der Waals surface area contributed by atoms with Crippen LogP contribution in [0, 0.1) is 0 Å². The summed E-state index contributed by atoms with van der Waals surface area (Å²) in [7, 11) is 0. The van der Waals surface area contributed by atoms with Gasteiger partial charge in [0.2, 0.25) is 11.8 Å². The lowest BCUT2D eigenvalue weighted by Crippen LogP contribution is -2.33. The van der Waals surface area contributed by atoms with Gasteiger partial charge in [0.05, 0.1) is 12.1 Å². The van der Waals surface area contributed by atoms with Crippen molar-refractivity contribution in [2.45, 2.75) is 45.1 Å². The van der Waals surface area contributed by atoms with Crippen molar-refractivity contribution < 1.29 is 19.1 Å². The van der Waals surface area contributed by atoms with Gasteiger partial charge >= 0.3 is 0 Å². The lowest BCUT2D eigenvalue weighted by Gasteiger charge is -2.27. The molecule has 0 saturated carbocycles. The van der Waals surface area contributed by atoms with E-state index in [4.69, 9.17) is 15.2 Å². The van der Waals surface area contributed by atoms with Crippen molar-refractivity contribution in [3.05, 3.63) is 59.7 Å². The summed E-state index contributed by atoms with van der Waals surface area (Å²) in [5, 5.41) is 2.81. The number of primary amides is 1. The van der Waals surface area contributed by atoms with E-state index in [0.717, 1.165) is 12.0 Å². The number of nitrogens with two attached hydrogens (primary N) is 1. The SMILES string of the molecule is CCCCCc1ccc(/C=C/C(=O)Nc2cccc3c2OC(CC(N)=O)CO3)cc1. The van der Waals surface area contributed by atoms with E-state index in [9.17, 15) is 9.59 Å². The number of aryl methyl sites for hydroxylation is 1. The van der Waals surface area contributed by atoms with Crippen LogP contribution in [0.25, 0.3) is 6.08 Å². The molecule has 0 spiro atoms. The van der Waals surface area contributed by atoms with Crippen LogP contribution >= 0.6 is 0 Å². The molecule has 1 aliphatic heterocycles. The first-order valence-corrected chi connectivity index (χ1v) is 10.3. The zero-order chi connectivity index (χ0) is 21.3. The number of anilines is 1. The van der Waals surface area contributed by atoms with Gasteiger partial charge in [-0.1, -0.05) is 50.1 Å². The third-order valence-electron chi connectivity index (χ3n) is 4.85. The summed E-state index contributed by atoms with van der Waals surface area (Å²) >= 11 is 0. The topological polar surface area (TPSA) is 90.6 Å². The normalized spacial score (nSPS) is 15.2. The highest BCUT2D eigenvalue weighted by Crippen LogP contribution is 2.39. The fraction of sp³-hybridized carbons (Fsp3) is 0.333. The lowest BCUT2D eigenvalue weighted by molar-refractivity contribution is -0.120. The summed E-state index contributed by atoms with van der Waals surface area (Å²) in [5.41, 5.74) is 8.00. The molecule has 1 aliphatic rings. The van der Waals surface area contributed by atoms with Gasteiger partial charge in [0.15, 0.2) is 11.5 Å². The molecule has 2 amide bonds. The molecule has 0 aromatic heterocycles. The van der Waals surface area contributed by atoms with Gasteiger partial charge in [-0.25, -0.2) is 0 Å². The summed E-state index contributed by atoms with van der Waals surface area (Å²) < 4.78 is 11.5. The van der Waals surface area contributed by atoms with Crippen LogP contribution in [0.3, 0.4) is 0 Å². The molecular formula is C24H28N2O4. The van der Waals surface area contributed by atoms with Gasteiger partial charge in [0.1, 0.15) is 12.7 Å². The monoisotopic (exact) mass is 408 g/mol. The zero-order valence-corrected chi connectivity index (χ0v) is 17.2. The van der Waals surface area contributed by atoms with E-state index in [2.05, 4.69) is 24.4 Å². The number of ether oxygens (including phenoxy) is 2. The van der Waals surface area contributed by atoms with E-state index in [-0.39, 0.29) is 18.9 Å². The average Bonchev–Trinajstić information content (AvgIpc) is 2.73. The van der Waals surface area contributed by atoms with Crippen molar-refractivity contribution in [1.29, 1.82) is 0 Å². The highest BCUT2D eigenvalue weighted by molar-refractivity contribution is 6.03. The third-order valence-corrected chi connectivity index (χ3v) is 4.85. The smallest absolute Gasteiger partial charge is 0.248 e. The van der Waals surface area contributed by atoms with Crippen LogP contribution in [-0.2, 0) is 16.0 Å².